The van der Waals surface area contributed by atoms with E-state index in [0.717, 1.165) is 15.6 Å². The molecule has 0 bridgehead atoms. The van der Waals surface area contributed by atoms with Gasteiger partial charge in [-0.2, -0.15) is 0 Å². The number of urea groups is 1. The van der Waals surface area contributed by atoms with E-state index in [0.29, 0.717) is 12.4 Å². The Morgan fingerprint density at radius 1 is 1.32 bits per heavy atom. The van der Waals surface area contributed by atoms with Crippen molar-refractivity contribution in [2.24, 2.45) is 0 Å². The van der Waals surface area contributed by atoms with Crippen LogP contribution in [0.5, 0.6) is 0 Å². The first kappa shape index (κ1) is 13.5. The number of aromatic nitrogens is 1. The first-order chi connectivity index (χ1) is 9.20. The molecule has 2 aromatic rings. The number of carbonyl (C=O) groups is 1. The van der Waals surface area contributed by atoms with Gasteiger partial charge in [-0.15, -0.1) is 0 Å². The number of amides is 2. The fourth-order valence-electron chi connectivity index (χ4n) is 1.67. The standard InChI is InChI=1S/C14H14BrN3O/c1-2-16-14(19)18-13-8-11(12(15)9-17-13)10-6-4-3-5-7-10/h3-9H,2H2,1H3,(H2,16,17,18,19). The number of hydrogen-bond donors (Lipinski definition) is 2. The molecular weight excluding hydrogens is 306 g/mol. The molecule has 19 heavy (non-hydrogen) atoms. The second-order valence-corrected chi connectivity index (χ2v) is 4.75. The lowest BCUT2D eigenvalue weighted by atomic mass is 10.1. The van der Waals surface area contributed by atoms with Gasteiger partial charge in [-0.1, -0.05) is 30.3 Å². The van der Waals surface area contributed by atoms with E-state index in [9.17, 15) is 4.79 Å². The maximum absolute atomic E-state index is 11.5. The monoisotopic (exact) mass is 319 g/mol. The Morgan fingerprint density at radius 2 is 2.05 bits per heavy atom. The number of nitrogens with zero attached hydrogens (tertiary/aromatic N) is 1. The highest BCUT2D eigenvalue weighted by molar-refractivity contribution is 9.10. The van der Waals surface area contributed by atoms with Gasteiger partial charge in [-0.25, -0.2) is 9.78 Å². The summed E-state index contributed by atoms with van der Waals surface area (Å²) in [6, 6.07) is 11.5. The van der Waals surface area contributed by atoms with E-state index in [1.165, 1.54) is 0 Å². The molecule has 2 N–H and O–H groups in total. The number of carbonyl (C=O) groups excluding carboxylic acids is 1. The molecule has 1 aromatic carbocycles. The van der Waals surface area contributed by atoms with Crippen LogP contribution in [0.3, 0.4) is 0 Å². The van der Waals surface area contributed by atoms with Crippen molar-refractivity contribution in [3.8, 4) is 11.1 Å². The number of rotatable bonds is 3. The number of nitrogens with one attached hydrogen (secondary N) is 2. The fourth-order valence-corrected chi connectivity index (χ4v) is 2.11. The minimum atomic E-state index is -0.253. The molecule has 1 aromatic heterocycles. The molecular formula is C14H14BrN3O. The number of anilines is 1. The van der Waals surface area contributed by atoms with Crippen LogP contribution in [0, 0.1) is 0 Å². The summed E-state index contributed by atoms with van der Waals surface area (Å²) in [5, 5.41) is 5.36. The predicted octanol–water partition coefficient (Wildman–Crippen LogP) is 3.65. The summed E-state index contributed by atoms with van der Waals surface area (Å²) in [5.74, 6) is 0.521. The first-order valence-corrected chi connectivity index (χ1v) is 6.76. The van der Waals surface area contributed by atoms with Gasteiger partial charge in [0.1, 0.15) is 5.82 Å². The zero-order valence-corrected chi connectivity index (χ0v) is 12.1. The van der Waals surface area contributed by atoms with Crippen molar-refractivity contribution < 1.29 is 4.79 Å². The second kappa shape index (κ2) is 6.33. The molecule has 0 saturated carbocycles. The molecule has 2 rings (SSSR count). The average Bonchev–Trinajstić information content (AvgIpc) is 2.42. The lowest BCUT2D eigenvalue weighted by Gasteiger charge is -2.09. The highest BCUT2D eigenvalue weighted by Gasteiger charge is 2.07. The molecule has 5 heteroatoms. The molecule has 0 saturated heterocycles. The molecule has 0 aliphatic heterocycles. The van der Waals surface area contributed by atoms with E-state index < -0.39 is 0 Å². The fraction of sp³-hybridized carbons (Fsp3) is 0.143. The summed E-state index contributed by atoms with van der Waals surface area (Å²) in [6.07, 6.45) is 1.68. The molecule has 0 aliphatic rings. The molecule has 0 unspecified atom stereocenters. The van der Waals surface area contributed by atoms with Crippen molar-refractivity contribution >= 4 is 27.8 Å². The SMILES string of the molecule is CCNC(=O)Nc1cc(-c2ccccc2)c(Br)cn1. The van der Waals surface area contributed by atoms with Crippen molar-refractivity contribution in [1.82, 2.24) is 10.3 Å². The predicted molar refractivity (Wildman–Crippen MR) is 80.1 cm³/mol. The topological polar surface area (TPSA) is 54.0 Å². The lowest BCUT2D eigenvalue weighted by Crippen LogP contribution is -2.28. The molecule has 4 nitrogen and oxygen atoms in total. The molecule has 0 fully saturated rings. The van der Waals surface area contributed by atoms with Crippen LogP contribution in [0.15, 0.2) is 47.1 Å². The van der Waals surface area contributed by atoms with E-state index in [-0.39, 0.29) is 6.03 Å². The molecule has 0 spiro atoms. The van der Waals surface area contributed by atoms with Gasteiger partial charge >= 0.3 is 6.03 Å². The van der Waals surface area contributed by atoms with Gasteiger partial charge in [-0.3, -0.25) is 5.32 Å². The summed E-state index contributed by atoms with van der Waals surface area (Å²) in [5.41, 5.74) is 2.05. The van der Waals surface area contributed by atoms with Gasteiger partial charge in [-0.05, 0) is 34.5 Å². The van der Waals surface area contributed by atoms with Crippen LogP contribution in [0.4, 0.5) is 10.6 Å². The number of pyridine rings is 1. The Balaban J connectivity index is 2.28. The summed E-state index contributed by atoms with van der Waals surface area (Å²) >= 11 is 3.47. The molecule has 98 valence electrons. The normalized spacial score (nSPS) is 10.0. The van der Waals surface area contributed by atoms with Crippen LogP contribution in [0.25, 0.3) is 11.1 Å². The Labute approximate surface area is 120 Å². The van der Waals surface area contributed by atoms with Gasteiger partial charge in [0.2, 0.25) is 0 Å². The summed E-state index contributed by atoms with van der Waals surface area (Å²) in [4.78, 5) is 15.6. The third-order valence-corrected chi connectivity index (χ3v) is 3.15. The largest absolute Gasteiger partial charge is 0.338 e. The minimum Gasteiger partial charge on any atom is -0.338 e. The summed E-state index contributed by atoms with van der Waals surface area (Å²) in [7, 11) is 0. The maximum atomic E-state index is 11.5. The van der Waals surface area contributed by atoms with Gasteiger partial charge < -0.3 is 5.32 Å². The van der Waals surface area contributed by atoms with Crippen molar-refractivity contribution in [1.29, 1.82) is 0 Å². The second-order valence-electron chi connectivity index (χ2n) is 3.90. The van der Waals surface area contributed by atoms with Gasteiger partial charge in [0.15, 0.2) is 0 Å². The van der Waals surface area contributed by atoms with E-state index >= 15 is 0 Å². The molecule has 0 radical (unpaired) electrons. The Bertz CT molecular complexity index is 572. The number of benzene rings is 1. The van der Waals surface area contributed by atoms with Crippen molar-refractivity contribution in [2.45, 2.75) is 6.92 Å². The van der Waals surface area contributed by atoms with E-state index in [1.807, 2.05) is 43.3 Å². The third-order valence-electron chi connectivity index (χ3n) is 2.52. The molecule has 0 aliphatic carbocycles. The Hall–Kier alpha value is -1.88. The highest BCUT2D eigenvalue weighted by atomic mass is 79.9. The average molecular weight is 320 g/mol. The van der Waals surface area contributed by atoms with Crippen LogP contribution >= 0.6 is 15.9 Å². The van der Waals surface area contributed by atoms with Crippen LogP contribution < -0.4 is 10.6 Å². The minimum absolute atomic E-state index is 0.253. The lowest BCUT2D eigenvalue weighted by molar-refractivity contribution is 0.252. The Kier molecular flexibility index (Phi) is 4.52. The van der Waals surface area contributed by atoms with Crippen molar-refractivity contribution in [3.05, 3.63) is 47.1 Å². The number of hydrogen-bond acceptors (Lipinski definition) is 2. The summed E-state index contributed by atoms with van der Waals surface area (Å²) < 4.78 is 0.889. The van der Waals surface area contributed by atoms with Gasteiger partial charge in [0, 0.05) is 22.8 Å². The van der Waals surface area contributed by atoms with Crippen LogP contribution in [0.2, 0.25) is 0 Å². The van der Waals surface area contributed by atoms with Crippen LogP contribution in [0.1, 0.15) is 6.92 Å². The molecule has 2 amide bonds. The quantitative estimate of drug-likeness (QED) is 0.907. The van der Waals surface area contributed by atoms with Crippen LogP contribution in [-0.4, -0.2) is 17.6 Å². The third kappa shape index (κ3) is 3.54. The first-order valence-electron chi connectivity index (χ1n) is 5.96. The van der Waals surface area contributed by atoms with Gasteiger partial charge in [0.25, 0.3) is 0 Å². The summed E-state index contributed by atoms with van der Waals surface area (Å²) in [6.45, 7) is 2.44. The zero-order chi connectivity index (χ0) is 13.7. The molecule has 0 atom stereocenters. The Morgan fingerprint density at radius 3 is 2.74 bits per heavy atom. The van der Waals surface area contributed by atoms with Crippen LogP contribution in [-0.2, 0) is 0 Å². The van der Waals surface area contributed by atoms with E-state index in [2.05, 4.69) is 31.5 Å². The zero-order valence-electron chi connectivity index (χ0n) is 10.5. The smallest absolute Gasteiger partial charge is 0.320 e. The van der Waals surface area contributed by atoms with E-state index in [4.69, 9.17) is 0 Å². The van der Waals surface area contributed by atoms with E-state index in [1.54, 1.807) is 6.20 Å². The van der Waals surface area contributed by atoms with Gasteiger partial charge in [0.05, 0.1) is 0 Å². The number of halogens is 1. The maximum Gasteiger partial charge on any atom is 0.320 e. The van der Waals surface area contributed by atoms with Crippen molar-refractivity contribution in [2.75, 3.05) is 11.9 Å². The van der Waals surface area contributed by atoms with Crippen molar-refractivity contribution in [3.63, 3.8) is 0 Å². The highest BCUT2D eigenvalue weighted by Crippen LogP contribution is 2.29. The molecule has 1 heterocycles.